The van der Waals surface area contributed by atoms with Crippen molar-refractivity contribution in [3.05, 3.63) is 47.6 Å². The van der Waals surface area contributed by atoms with Crippen molar-refractivity contribution in [3.8, 4) is 0 Å². The molecule has 1 amide bonds. The summed E-state index contributed by atoms with van der Waals surface area (Å²) in [5.41, 5.74) is 1.43. The third kappa shape index (κ3) is 4.15. The number of anilines is 3. The van der Waals surface area contributed by atoms with Gasteiger partial charge in [-0.3, -0.25) is 4.79 Å². The molecule has 2 N–H and O–H groups in total. The first-order chi connectivity index (χ1) is 11.7. The highest BCUT2D eigenvalue weighted by molar-refractivity contribution is 6.33. The number of pyridine rings is 1. The van der Waals surface area contributed by atoms with Gasteiger partial charge in [-0.25, -0.2) is 4.98 Å². The normalized spacial score (nSPS) is 14.3. The van der Waals surface area contributed by atoms with Crippen LogP contribution >= 0.6 is 11.6 Å². The molecule has 24 heavy (non-hydrogen) atoms. The Hall–Kier alpha value is -2.31. The topological polar surface area (TPSA) is 66.5 Å². The number of hydrogen-bond donors (Lipinski definition) is 2. The van der Waals surface area contributed by atoms with Gasteiger partial charge in [0.15, 0.2) is 5.82 Å². The van der Waals surface area contributed by atoms with Gasteiger partial charge in [0.1, 0.15) is 0 Å². The molecule has 2 aromatic rings. The second-order valence-electron chi connectivity index (χ2n) is 5.36. The number of aromatic nitrogens is 1. The molecule has 1 saturated heterocycles. The van der Waals surface area contributed by atoms with Crippen LogP contribution in [0.5, 0.6) is 0 Å². The van der Waals surface area contributed by atoms with E-state index in [1.807, 2.05) is 24.3 Å². The van der Waals surface area contributed by atoms with Crippen molar-refractivity contribution in [1.29, 1.82) is 0 Å². The van der Waals surface area contributed by atoms with E-state index in [2.05, 4.69) is 20.5 Å². The van der Waals surface area contributed by atoms with Gasteiger partial charge >= 0.3 is 0 Å². The van der Waals surface area contributed by atoms with E-state index in [9.17, 15) is 4.79 Å². The lowest BCUT2D eigenvalue weighted by Gasteiger charge is -2.29. The molecular formula is C17H19ClN4O2. The highest BCUT2D eigenvalue weighted by atomic mass is 35.5. The molecule has 1 aliphatic rings. The summed E-state index contributed by atoms with van der Waals surface area (Å²) in [6, 6.07) is 11.0. The molecule has 0 aliphatic carbocycles. The number of rotatable bonds is 5. The second kappa shape index (κ2) is 7.99. The van der Waals surface area contributed by atoms with E-state index in [0.29, 0.717) is 23.9 Å². The number of para-hydroxylation sites is 1. The third-order valence-corrected chi connectivity index (χ3v) is 4.01. The van der Waals surface area contributed by atoms with E-state index in [1.165, 1.54) is 0 Å². The second-order valence-corrected chi connectivity index (χ2v) is 5.76. The van der Waals surface area contributed by atoms with Crippen molar-refractivity contribution in [2.45, 2.75) is 0 Å². The van der Waals surface area contributed by atoms with Crippen LogP contribution < -0.4 is 15.5 Å². The lowest BCUT2D eigenvalue weighted by molar-refractivity contribution is -0.114. The fourth-order valence-corrected chi connectivity index (χ4v) is 2.70. The van der Waals surface area contributed by atoms with Crippen molar-refractivity contribution in [2.75, 3.05) is 48.4 Å². The SMILES string of the molecule is O=C(CNc1ccccc1Cl)Nc1cccnc1N1CCOCC1. The number of halogens is 1. The summed E-state index contributed by atoms with van der Waals surface area (Å²) >= 11 is 6.07. The number of nitrogens with zero attached hydrogens (tertiary/aromatic N) is 2. The van der Waals surface area contributed by atoms with E-state index >= 15 is 0 Å². The zero-order valence-corrected chi connectivity index (χ0v) is 13.9. The van der Waals surface area contributed by atoms with E-state index in [4.69, 9.17) is 16.3 Å². The molecule has 3 rings (SSSR count). The largest absolute Gasteiger partial charge is 0.378 e. The van der Waals surface area contributed by atoms with Gasteiger partial charge in [0.25, 0.3) is 0 Å². The maximum Gasteiger partial charge on any atom is 0.243 e. The standard InChI is InChI=1S/C17H19ClN4O2/c18-13-4-1-2-5-14(13)20-12-16(23)21-15-6-3-7-19-17(15)22-8-10-24-11-9-22/h1-7,20H,8-12H2,(H,21,23). The van der Waals surface area contributed by atoms with Crippen LogP contribution in [0, 0.1) is 0 Å². The zero-order chi connectivity index (χ0) is 16.8. The van der Waals surface area contributed by atoms with Gasteiger partial charge in [0.05, 0.1) is 36.2 Å². The number of hydrogen-bond acceptors (Lipinski definition) is 5. The summed E-state index contributed by atoms with van der Waals surface area (Å²) in [5, 5.41) is 6.53. The molecule has 126 valence electrons. The first kappa shape index (κ1) is 16.5. The number of morpholine rings is 1. The Labute approximate surface area is 145 Å². The number of amides is 1. The van der Waals surface area contributed by atoms with Crippen molar-refractivity contribution in [1.82, 2.24) is 4.98 Å². The average molecular weight is 347 g/mol. The lowest BCUT2D eigenvalue weighted by atomic mass is 10.3. The summed E-state index contributed by atoms with van der Waals surface area (Å²) in [6.45, 7) is 2.98. The minimum absolute atomic E-state index is 0.126. The van der Waals surface area contributed by atoms with Crippen LogP contribution in [0.3, 0.4) is 0 Å². The summed E-state index contributed by atoms with van der Waals surface area (Å²) in [5.74, 6) is 0.615. The Morgan fingerprint density at radius 3 is 2.71 bits per heavy atom. The maximum absolute atomic E-state index is 12.2. The van der Waals surface area contributed by atoms with E-state index in [1.54, 1.807) is 18.3 Å². The molecule has 7 heteroatoms. The molecule has 1 aromatic heterocycles. The minimum atomic E-state index is -0.155. The first-order valence-electron chi connectivity index (χ1n) is 7.80. The molecule has 2 heterocycles. The van der Waals surface area contributed by atoms with Gasteiger partial charge < -0.3 is 20.3 Å². The predicted octanol–water partition coefficient (Wildman–Crippen LogP) is 2.62. The molecular weight excluding hydrogens is 328 g/mol. The van der Waals surface area contributed by atoms with Crippen LogP contribution in [-0.4, -0.2) is 43.7 Å². The molecule has 0 radical (unpaired) electrons. The molecule has 0 saturated carbocycles. The first-order valence-corrected chi connectivity index (χ1v) is 8.18. The van der Waals surface area contributed by atoms with E-state index < -0.39 is 0 Å². The summed E-state index contributed by atoms with van der Waals surface area (Å²) in [7, 11) is 0. The molecule has 1 aliphatic heterocycles. The van der Waals surface area contributed by atoms with Crippen molar-refractivity contribution < 1.29 is 9.53 Å². The molecule has 0 unspecified atom stereocenters. The Balaban J connectivity index is 1.63. The average Bonchev–Trinajstić information content (AvgIpc) is 2.62. The van der Waals surface area contributed by atoms with Gasteiger partial charge in [-0.1, -0.05) is 23.7 Å². The Bertz CT molecular complexity index is 704. The maximum atomic E-state index is 12.2. The number of ether oxygens (including phenoxy) is 1. The summed E-state index contributed by atoms with van der Waals surface area (Å²) in [6.07, 6.45) is 1.72. The van der Waals surface area contributed by atoms with E-state index in [0.717, 1.165) is 24.6 Å². The molecule has 0 bridgehead atoms. The smallest absolute Gasteiger partial charge is 0.243 e. The Kier molecular flexibility index (Phi) is 5.51. The molecule has 1 aromatic carbocycles. The van der Waals surface area contributed by atoms with Crippen molar-refractivity contribution >= 4 is 34.7 Å². The van der Waals surface area contributed by atoms with Crippen LogP contribution in [0.4, 0.5) is 17.2 Å². The lowest BCUT2D eigenvalue weighted by Crippen LogP contribution is -2.37. The highest BCUT2D eigenvalue weighted by Crippen LogP contribution is 2.24. The number of nitrogens with one attached hydrogen (secondary N) is 2. The highest BCUT2D eigenvalue weighted by Gasteiger charge is 2.17. The van der Waals surface area contributed by atoms with Crippen molar-refractivity contribution in [3.63, 3.8) is 0 Å². The predicted molar refractivity (Wildman–Crippen MR) is 95.8 cm³/mol. The Morgan fingerprint density at radius 2 is 1.92 bits per heavy atom. The summed E-state index contributed by atoms with van der Waals surface area (Å²) in [4.78, 5) is 18.8. The molecule has 0 spiro atoms. The monoisotopic (exact) mass is 346 g/mol. The van der Waals surface area contributed by atoms with Crippen LogP contribution in [-0.2, 0) is 9.53 Å². The molecule has 6 nitrogen and oxygen atoms in total. The van der Waals surface area contributed by atoms with E-state index in [-0.39, 0.29) is 12.5 Å². The van der Waals surface area contributed by atoms with Gasteiger partial charge in [-0.2, -0.15) is 0 Å². The van der Waals surface area contributed by atoms with Crippen LogP contribution in [0.25, 0.3) is 0 Å². The Morgan fingerprint density at radius 1 is 1.17 bits per heavy atom. The fourth-order valence-electron chi connectivity index (χ4n) is 2.50. The third-order valence-electron chi connectivity index (χ3n) is 3.68. The van der Waals surface area contributed by atoms with Gasteiger partial charge in [0, 0.05) is 19.3 Å². The fraction of sp³-hybridized carbons (Fsp3) is 0.294. The van der Waals surface area contributed by atoms with Gasteiger partial charge in [-0.05, 0) is 24.3 Å². The van der Waals surface area contributed by atoms with Crippen LogP contribution in [0.2, 0.25) is 5.02 Å². The van der Waals surface area contributed by atoms with Crippen molar-refractivity contribution in [2.24, 2.45) is 0 Å². The van der Waals surface area contributed by atoms with Crippen LogP contribution in [0.1, 0.15) is 0 Å². The zero-order valence-electron chi connectivity index (χ0n) is 13.2. The number of carbonyl (C=O) groups excluding carboxylic acids is 1. The van der Waals surface area contributed by atoms with Gasteiger partial charge in [-0.15, -0.1) is 0 Å². The number of carbonyl (C=O) groups is 1. The van der Waals surface area contributed by atoms with Gasteiger partial charge in [0.2, 0.25) is 5.91 Å². The van der Waals surface area contributed by atoms with Crippen LogP contribution in [0.15, 0.2) is 42.6 Å². The summed E-state index contributed by atoms with van der Waals surface area (Å²) < 4.78 is 5.36. The molecule has 1 fully saturated rings. The quantitative estimate of drug-likeness (QED) is 0.871. The minimum Gasteiger partial charge on any atom is -0.378 e. The molecule has 0 atom stereocenters. The number of benzene rings is 1.